The lowest BCUT2D eigenvalue weighted by molar-refractivity contribution is 0.502. The second-order valence-electron chi connectivity index (χ2n) is 3.48. The SMILES string of the molecule is C[C@@H]1CCN[C@H]1c1cccnc1. The van der Waals surface area contributed by atoms with E-state index in [9.17, 15) is 0 Å². The van der Waals surface area contributed by atoms with Crippen LogP contribution in [0.15, 0.2) is 24.5 Å². The second kappa shape index (κ2) is 3.23. The smallest absolute Gasteiger partial charge is 0.0361 e. The summed E-state index contributed by atoms with van der Waals surface area (Å²) in [6, 6.07) is 4.67. The number of aromatic nitrogens is 1. The normalized spacial score (nSPS) is 29.1. The summed E-state index contributed by atoms with van der Waals surface area (Å²) in [4.78, 5) is 4.12. The van der Waals surface area contributed by atoms with E-state index in [2.05, 4.69) is 23.3 Å². The van der Waals surface area contributed by atoms with Crippen molar-refractivity contribution in [3.05, 3.63) is 30.1 Å². The molecular weight excluding hydrogens is 148 g/mol. The van der Waals surface area contributed by atoms with Gasteiger partial charge in [-0.05, 0) is 30.5 Å². The van der Waals surface area contributed by atoms with Gasteiger partial charge >= 0.3 is 0 Å². The molecule has 0 radical (unpaired) electrons. The molecule has 1 fully saturated rings. The van der Waals surface area contributed by atoms with E-state index in [1.165, 1.54) is 12.0 Å². The van der Waals surface area contributed by atoms with Crippen LogP contribution in [0.1, 0.15) is 24.9 Å². The zero-order valence-corrected chi connectivity index (χ0v) is 7.33. The number of nitrogens with zero attached hydrogens (tertiary/aromatic N) is 1. The van der Waals surface area contributed by atoms with E-state index in [1.807, 2.05) is 18.5 Å². The third-order valence-electron chi connectivity index (χ3n) is 2.58. The fourth-order valence-corrected chi connectivity index (χ4v) is 1.84. The van der Waals surface area contributed by atoms with Crippen molar-refractivity contribution in [3.8, 4) is 0 Å². The van der Waals surface area contributed by atoms with Crippen LogP contribution in [0.25, 0.3) is 0 Å². The van der Waals surface area contributed by atoms with Crippen molar-refractivity contribution < 1.29 is 0 Å². The second-order valence-corrected chi connectivity index (χ2v) is 3.48. The number of hydrogen-bond donors (Lipinski definition) is 1. The summed E-state index contributed by atoms with van der Waals surface area (Å²) >= 11 is 0. The predicted molar refractivity (Wildman–Crippen MR) is 48.8 cm³/mol. The Morgan fingerprint density at radius 3 is 3.08 bits per heavy atom. The van der Waals surface area contributed by atoms with Gasteiger partial charge in [-0.2, -0.15) is 0 Å². The highest BCUT2D eigenvalue weighted by molar-refractivity contribution is 5.15. The van der Waals surface area contributed by atoms with Gasteiger partial charge in [-0.3, -0.25) is 4.98 Å². The largest absolute Gasteiger partial charge is 0.310 e. The monoisotopic (exact) mass is 162 g/mol. The van der Waals surface area contributed by atoms with Crippen molar-refractivity contribution in [2.45, 2.75) is 19.4 Å². The molecule has 1 saturated heterocycles. The first-order valence-corrected chi connectivity index (χ1v) is 4.51. The van der Waals surface area contributed by atoms with Crippen LogP contribution in [0.3, 0.4) is 0 Å². The molecule has 2 atom stereocenters. The minimum absolute atomic E-state index is 0.527. The molecule has 0 unspecified atom stereocenters. The van der Waals surface area contributed by atoms with Crippen molar-refractivity contribution in [1.29, 1.82) is 0 Å². The van der Waals surface area contributed by atoms with Gasteiger partial charge in [0.2, 0.25) is 0 Å². The van der Waals surface area contributed by atoms with Crippen LogP contribution in [-0.2, 0) is 0 Å². The van der Waals surface area contributed by atoms with Crippen LogP contribution in [-0.4, -0.2) is 11.5 Å². The van der Waals surface area contributed by atoms with Gasteiger partial charge in [0, 0.05) is 18.4 Å². The molecule has 2 heteroatoms. The molecule has 2 rings (SSSR count). The summed E-state index contributed by atoms with van der Waals surface area (Å²) in [5.41, 5.74) is 1.32. The molecule has 0 bridgehead atoms. The molecule has 0 saturated carbocycles. The maximum absolute atomic E-state index is 4.12. The Bertz CT molecular complexity index is 245. The van der Waals surface area contributed by atoms with E-state index in [1.54, 1.807) is 0 Å². The minimum Gasteiger partial charge on any atom is -0.310 e. The molecule has 1 N–H and O–H groups in total. The molecule has 12 heavy (non-hydrogen) atoms. The number of hydrogen-bond acceptors (Lipinski definition) is 2. The third kappa shape index (κ3) is 1.34. The van der Waals surface area contributed by atoms with Crippen LogP contribution < -0.4 is 5.32 Å². The Morgan fingerprint density at radius 1 is 1.58 bits per heavy atom. The molecule has 0 spiro atoms. The van der Waals surface area contributed by atoms with E-state index < -0.39 is 0 Å². The topological polar surface area (TPSA) is 24.9 Å². The lowest BCUT2D eigenvalue weighted by Crippen LogP contribution is -2.16. The summed E-state index contributed by atoms with van der Waals surface area (Å²) in [6.07, 6.45) is 5.06. The van der Waals surface area contributed by atoms with Gasteiger partial charge in [-0.25, -0.2) is 0 Å². The van der Waals surface area contributed by atoms with Crippen LogP contribution in [0.4, 0.5) is 0 Å². The molecule has 64 valence electrons. The Labute approximate surface area is 73.0 Å². The van der Waals surface area contributed by atoms with E-state index in [0.29, 0.717) is 6.04 Å². The molecular formula is C10H14N2. The summed E-state index contributed by atoms with van der Waals surface area (Å²) in [5.74, 6) is 0.745. The van der Waals surface area contributed by atoms with Gasteiger partial charge in [-0.15, -0.1) is 0 Å². The van der Waals surface area contributed by atoms with Gasteiger partial charge in [0.1, 0.15) is 0 Å². The summed E-state index contributed by atoms with van der Waals surface area (Å²) in [6.45, 7) is 3.43. The molecule has 0 amide bonds. The molecule has 2 heterocycles. The molecule has 0 aliphatic carbocycles. The van der Waals surface area contributed by atoms with E-state index in [4.69, 9.17) is 0 Å². The molecule has 1 aliphatic rings. The molecule has 2 nitrogen and oxygen atoms in total. The molecule has 0 aromatic carbocycles. The van der Waals surface area contributed by atoms with Crippen LogP contribution in [0, 0.1) is 5.92 Å². The summed E-state index contributed by atoms with van der Waals surface area (Å²) in [5, 5.41) is 3.48. The van der Waals surface area contributed by atoms with Gasteiger partial charge in [-0.1, -0.05) is 13.0 Å². The lowest BCUT2D eigenvalue weighted by atomic mass is 9.98. The predicted octanol–water partition coefficient (Wildman–Crippen LogP) is 1.75. The quantitative estimate of drug-likeness (QED) is 0.680. The Kier molecular flexibility index (Phi) is 2.09. The van der Waals surface area contributed by atoms with Crippen molar-refractivity contribution in [1.82, 2.24) is 10.3 Å². The van der Waals surface area contributed by atoms with Crippen LogP contribution in [0.2, 0.25) is 0 Å². The lowest BCUT2D eigenvalue weighted by Gasteiger charge is -2.14. The fraction of sp³-hybridized carbons (Fsp3) is 0.500. The first-order chi connectivity index (χ1) is 5.88. The average molecular weight is 162 g/mol. The third-order valence-corrected chi connectivity index (χ3v) is 2.58. The average Bonchev–Trinajstić information content (AvgIpc) is 2.53. The van der Waals surface area contributed by atoms with Gasteiger partial charge in [0.25, 0.3) is 0 Å². The van der Waals surface area contributed by atoms with Crippen molar-refractivity contribution in [3.63, 3.8) is 0 Å². The summed E-state index contributed by atoms with van der Waals surface area (Å²) < 4.78 is 0. The number of rotatable bonds is 1. The zero-order chi connectivity index (χ0) is 8.39. The highest BCUT2D eigenvalue weighted by Gasteiger charge is 2.23. The Morgan fingerprint density at radius 2 is 2.50 bits per heavy atom. The zero-order valence-electron chi connectivity index (χ0n) is 7.33. The first-order valence-electron chi connectivity index (χ1n) is 4.51. The molecule has 1 aromatic rings. The maximum atomic E-state index is 4.12. The van der Waals surface area contributed by atoms with Gasteiger partial charge < -0.3 is 5.32 Å². The standard InChI is InChI=1S/C10H14N2/c1-8-4-6-12-10(8)9-3-2-5-11-7-9/h2-3,5,7-8,10,12H,4,6H2,1H3/t8-,10-/m1/s1. The van der Waals surface area contributed by atoms with E-state index in [-0.39, 0.29) is 0 Å². The van der Waals surface area contributed by atoms with E-state index >= 15 is 0 Å². The van der Waals surface area contributed by atoms with E-state index in [0.717, 1.165) is 12.5 Å². The van der Waals surface area contributed by atoms with Crippen LogP contribution >= 0.6 is 0 Å². The fourth-order valence-electron chi connectivity index (χ4n) is 1.84. The van der Waals surface area contributed by atoms with Gasteiger partial charge in [0.05, 0.1) is 0 Å². The van der Waals surface area contributed by atoms with Crippen molar-refractivity contribution in [2.75, 3.05) is 6.54 Å². The van der Waals surface area contributed by atoms with Crippen LogP contribution in [0.5, 0.6) is 0 Å². The summed E-state index contributed by atoms with van der Waals surface area (Å²) in [7, 11) is 0. The van der Waals surface area contributed by atoms with Gasteiger partial charge in [0.15, 0.2) is 0 Å². The number of nitrogens with one attached hydrogen (secondary N) is 1. The van der Waals surface area contributed by atoms with Crippen molar-refractivity contribution in [2.24, 2.45) is 5.92 Å². The molecule has 1 aromatic heterocycles. The Hall–Kier alpha value is -0.890. The maximum Gasteiger partial charge on any atom is 0.0361 e. The number of pyridine rings is 1. The highest BCUT2D eigenvalue weighted by Crippen LogP contribution is 2.27. The highest BCUT2D eigenvalue weighted by atomic mass is 14.9. The Balaban J connectivity index is 2.19. The first kappa shape index (κ1) is 7.74. The minimum atomic E-state index is 0.527. The van der Waals surface area contributed by atoms with Crippen molar-refractivity contribution >= 4 is 0 Å². The molecule has 1 aliphatic heterocycles.